The zero-order valence-corrected chi connectivity index (χ0v) is 11.9. The Balaban J connectivity index is 2.44. The van der Waals surface area contributed by atoms with E-state index in [1.54, 1.807) is 12.1 Å². The summed E-state index contributed by atoms with van der Waals surface area (Å²) < 4.78 is 6.10. The van der Waals surface area contributed by atoms with E-state index in [1.807, 2.05) is 0 Å². The van der Waals surface area contributed by atoms with Crippen LogP contribution < -0.4 is 10.1 Å². The molecule has 0 spiro atoms. The van der Waals surface area contributed by atoms with E-state index in [1.165, 1.54) is 6.07 Å². The molecule has 0 fully saturated rings. The van der Waals surface area contributed by atoms with Crippen LogP contribution in [0.15, 0.2) is 22.7 Å². The highest BCUT2D eigenvalue weighted by Crippen LogP contribution is 2.29. The molecule has 0 aromatic heterocycles. The molecule has 6 heteroatoms. The van der Waals surface area contributed by atoms with Gasteiger partial charge in [0.25, 0.3) is 0 Å². The SMILES string of the molecule is CCCNCCCOc1ccc(Br)cc1[N+](=O)[O-]. The molecule has 18 heavy (non-hydrogen) atoms. The highest BCUT2D eigenvalue weighted by Gasteiger charge is 2.15. The van der Waals surface area contributed by atoms with Crippen LogP contribution in [0.5, 0.6) is 5.75 Å². The smallest absolute Gasteiger partial charge is 0.312 e. The first-order valence-corrected chi connectivity index (χ1v) is 6.72. The van der Waals surface area contributed by atoms with Gasteiger partial charge in [-0.15, -0.1) is 0 Å². The average molecular weight is 317 g/mol. The summed E-state index contributed by atoms with van der Waals surface area (Å²) in [5.41, 5.74) is -0.00843. The molecule has 0 saturated carbocycles. The fourth-order valence-electron chi connectivity index (χ4n) is 1.44. The summed E-state index contributed by atoms with van der Waals surface area (Å²) in [6, 6.07) is 4.80. The molecule has 0 amide bonds. The number of benzene rings is 1. The molecular formula is C12H17BrN2O3. The first-order chi connectivity index (χ1) is 8.65. The minimum atomic E-state index is -0.435. The van der Waals surface area contributed by atoms with Gasteiger partial charge in [0.2, 0.25) is 0 Å². The zero-order chi connectivity index (χ0) is 13.4. The number of nitro groups is 1. The van der Waals surface area contributed by atoms with Gasteiger partial charge in [0.1, 0.15) is 0 Å². The second kappa shape index (κ2) is 8.05. The largest absolute Gasteiger partial charge is 0.487 e. The van der Waals surface area contributed by atoms with E-state index in [0.717, 1.165) is 25.9 Å². The Morgan fingerprint density at radius 1 is 1.44 bits per heavy atom. The lowest BCUT2D eigenvalue weighted by molar-refractivity contribution is -0.385. The second-order valence-corrected chi connectivity index (χ2v) is 4.74. The van der Waals surface area contributed by atoms with Crippen molar-refractivity contribution in [2.24, 2.45) is 0 Å². The van der Waals surface area contributed by atoms with E-state index >= 15 is 0 Å². The molecule has 0 bridgehead atoms. The van der Waals surface area contributed by atoms with Gasteiger partial charge in [0, 0.05) is 10.5 Å². The molecule has 1 aromatic carbocycles. The number of rotatable bonds is 8. The Kier molecular flexibility index (Phi) is 6.67. The molecule has 100 valence electrons. The van der Waals surface area contributed by atoms with E-state index in [0.29, 0.717) is 16.8 Å². The summed E-state index contributed by atoms with van der Waals surface area (Å²) in [7, 11) is 0. The van der Waals surface area contributed by atoms with Gasteiger partial charge in [-0.3, -0.25) is 10.1 Å². The van der Waals surface area contributed by atoms with Crippen LogP contribution in [0, 0.1) is 10.1 Å². The Morgan fingerprint density at radius 3 is 2.89 bits per heavy atom. The lowest BCUT2D eigenvalue weighted by Crippen LogP contribution is -2.18. The molecule has 0 aliphatic carbocycles. The van der Waals surface area contributed by atoms with Gasteiger partial charge < -0.3 is 10.1 Å². The van der Waals surface area contributed by atoms with Crippen molar-refractivity contribution in [3.63, 3.8) is 0 Å². The van der Waals surface area contributed by atoms with Crippen molar-refractivity contribution in [1.29, 1.82) is 0 Å². The number of hydrogen-bond donors (Lipinski definition) is 1. The van der Waals surface area contributed by atoms with Crippen molar-refractivity contribution in [2.45, 2.75) is 19.8 Å². The van der Waals surface area contributed by atoms with Crippen LogP contribution in [-0.2, 0) is 0 Å². The van der Waals surface area contributed by atoms with Crippen LogP contribution in [-0.4, -0.2) is 24.6 Å². The first kappa shape index (κ1) is 14.9. The predicted molar refractivity (Wildman–Crippen MR) is 74.1 cm³/mol. The van der Waals surface area contributed by atoms with Crippen LogP contribution in [0.4, 0.5) is 5.69 Å². The minimum Gasteiger partial charge on any atom is -0.487 e. The topological polar surface area (TPSA) is 64.4 Å². The van der Waals surface area contributed by atoms with Crippen molar-refractivity contribution in [1.82, 2.24) is 5.32 Å². The van der Waals surface area contributed by atoms with Crippen molar-refractivity contribution >= 4 is 21.6 Å². The molecule has 5 nitrogen and oxygen atoms in total. The van der Waals surface area contributed by atoms with E-state index in [4.69, 9.17) is 4.74 Å². The molecule has 0 heterocycles. The number of hydrogen-bond acceptors (Lipinski definition) is 4. The Hall–Kier alpha value is -1.14. The van der Waals surface area contributed by atoms with E-state index in [2.05, 4.69) is 28.2 Å². The summed E-state index contributed by atoms with van der Waals surface area (Å²) in [6.07, 6.45) is 1.92. The van der Waals surface area contributed by atoms with Crippen molar-refractivity contribution in [2.75, 3.05) is 19.7 Å². The average Bonchev–Trinajstić information content (AvgIpc) is 2.35. The summed E-state index contributed by atoms with van der Waals surface area (Å²) in [6.45, 7) is 4.42. The van der Waals surface area contributed by atoms with Gasteiger partial charge in [0.15, 0.2) is 5.75 Å². The van der Waals surface area contributed by atoms with Gasteiger partial charge in [-0.2, -0.15) is 0 Å². The molecule has 0 radical (unpaired) electrons. The highest BCUT2D eigenvalue weighted by atomic mass is 79.9. The zero-order valence-electron chi connectivity index (χ0n) is 10.3. The predicted octanol–water partition coefficient (Wildman–Crippen LogP) is 3.13. The maximum atomic E-state index is 10.8. The number of nitro benzene ring substituents is 1. The fraction of sp³-hybridized carbons (Fsp3) is 0.500. The molecule has 1 aromatic rings. The number of nitrogens with zero attached hydrogens (tertiary/aromatic N) is 1. The third-order valence-corrected chi connectivity index (χ3v) is 2.79. The third kappa shape index (κ3) is 5.01. The maximum absolute atomic E-state index is 10.8. The Morgan fingerprint density at radius 2 is 2.22 bits per heavy atom. The van der Waals surface area contributed by atoms with Crippen molar-refractivity contribution in [3.8, 4) is 5.75 Å². The normalized spacial score (nSPS) is 10.3. The number of halogens is 1. The van der Waals surface area contributed by atoms with Crippen LogP contribution >= 0.6 is 15.9 Å². The second-order valence-electron chi connectivity index (χ2n) is 3.82. The van der Waals surface area contributed by atoms with Gasteiger partial charge in [-0.25, -0.2) is 0 Å². The Labute approximate surface area is 115 Å². The Bertz CT molecular complexity index is 399. The monoisotopic (exact) mass is 316 g/mol. The summed E-state index contributed by atoms with van der Waals surface area (Å²) in [5.74, 6) is 0.318. The summed E-state index contributed by atoms with van der Waals surface area (Å²) in [4.78, 5) is 10.4. The van der Waals surface area contributed by atoms with Gasteiger partial charge in [-0.05, 0) is 38.1 Å². The molecule has 1 N–H and O–H groups in total. The minimum absolute atomic E-state index is 0.00843. The van der Waals surface area contributed by atoms with Crippen molar-refractivity contribution < 1.29 is 9.66 Å². The van der Waals surface area contributed by atoms with Gasteiger partial charge >= 0.3 is 5.69 Å². The molecule has 0 atom stereocenters. The summed E-state index contributed by atoms with van der Waals surface area (Å²) in [5, 5.41) is 14.1. The van der Waals surface area contributed by atoms with Crippen LogP contribution in [0.1, 0.15) is 19.8 Å². The highest BCUT2D eigenvalue weighted by molar-refractivity contribution is 9.10. The van der Waals surface area contributed by atoms with E-state index in [9.17, 15) is 10.1 Å². The van der Waals surface area contributed by atoms with E-state index < -0.39 is 4.92 Å². The first-order valence-electron chi connectivity index (χ1n) is 5.92. The maximum Gasteiger partial charge on any atom is 0.312 e. The summed E-state index contributed by atoms with van der Waals surface area (Å²) >= 11 is 3.20. The lowest BCUT2D eigenvalue weighted by atomic mass is 10.3. The fourth-order valence-corrected chi connectivity index (χ4v) is 1.79. The number of ether oxygens (including phenoxy) is 1. The standard InChI is InChI=1S/C12H17BrN2O3/c1-2-6-14-7-3-8-18-12-5-4-10(13)9-11(12)15(16)17/h4-5,9,14H,2-3,6-8H2,1H3. The van der Waals surface area contributed by atoms with Gasteiger partial charge in [-0.1, -0.05) is 22.9 Å². The number of nitrogens with one attached hydrogen (secondary N) is 1. The molecular weight excluding hydrogens is 300 g/mol. The third-order valence-electron chi connectivity index (χ3n) is 2.30. The quantitative estimate of drug-likeness (QED) is 0.454. The molecule has 0 saturated heterocycles. The lowest BCUT2D eigenvalue weighted by Gasteiger charge is -2.07. The van der Waals surface area contributed by atoms with Crippen LogP contribution in [0.25, 0.3) is 0 Å². The van der Waals surface area contributed by atoms with Crippen LogP contribution in [0.2, 0.25) is 0 Å². The molecule has 1 rings (SSSR count). The molecule has 0 aliphatic heterocycles. The van der Waals surface area contributed by atoms with Crippen molar-refractivity contribution in [3.05, 3.63) is 32.8 Å². The molecule has 0 aliphatic rings. The van der Waals surface area contributed by atoms with Crippen LogP contribution in [0.3, 0.4) is 0 Å². The van der Waals surface area contributed by atoms with Gasteiger partial charge in [0.05, 0.1) is 11.5 Å². The molecule has 0 unspecified atom stereocenters. The van der Waals surface area contributed by atoms with E-state index in [-0.39, 0.29) is 5.69 Å².